The van der Waals surface area contributed by atoms with Crippen molar-refractivity contribution in [3.05, 3.63) is 77.6 Å². The molecular formula is C23H21NO2. The second kappa shape index (κ2) is 6.34. The number of fused-ring (bicyclic) bond motifs is 3. The lowest BCUT2D eigenvalue weighted by atomic mass is 9.97. The van der Waals surface area contributed by atoms with E-state index in [0.717, 1.165) is 33.1 Å². The van der Waals surface area contributed by atoms with Gasteiger partial charge in [-0.2, -0.15) is 0 Å². The SMILES string of the molecule is CCOC(=O)c1cc(C)n2cc(-c3ccccc3)c3cc(C)ccc3c12. The number of hydrogen-bond donors (Lipinski definition) is 0. The molecule has 0 aliphatic heterocycles. The van der Waals surface area contributed by atoms with Crippen molar-refractivity contribution >= 4 is 22.3 Å². The number of pyridine rings is 1. The Morgan fingerprint density at radius 3 is 2.50 bits per heavy atom. The maximum atomic E-state index is 12.5. The number of ether oxygens (including phenoxy) is 1. The molecule has 130 valence electrons. The van der Waals surface area contributed by atoms with Crippen LogP contribution in [-0.2, 0) is 4.74 Å². The summed E-state index contributed by atoms with van der Waals surface area (Å²) >= 11 is 0. The van der Waals surface area contributed by atoms with Gasteiger partial charge in [-0.25, -0.2) is 4.79 Å². The van der Waals surface area contributed by atoms with E-state index in [2.05, 4.69) is 47.9 Å². The number of benzene rings is 2. The highest BCUT2D eigenvalue weighted by Gasteiger charge is 2.19. The molecule has 4 rings (SSSR count). The third kappa shape index (κ3) is 2.57. The van der Waals surface area contributed by atoms with Gasteiger partial charge in [-0.05, 0) is 37.8 Å². The van der Waals surface area contributed by atoms with Gasteiger partial charge in [0.15, 0.2) is 0 Å². The van der Waals surface area contributed by atoms with Gasteiger partial charge in [0.05, 0.1) is 17.7 Å². The molecule has 3 heteroatoms. The highest BCUT2D eigenvalue weighted by molar-refractivity contribution is 6.12. The summed E-state index contributed by atoms with van der Waals surface area (Å²) in [5.41, 5.74) is 6.07. The van der Waals surface area contributed by atoms with E-state index in [1.54, 1.807) is 0 Å². The van der Waals surface area contributed by atoms with Crippen LogP contribution in [0.4, 0.5) is 0 Å². The molecule has 0 saturated carbocycles. The second-order valence-corrected chi connectivity index (χ2v) is 6.60. The van der Waals surface area contributed by atoms with E-state index in [9.17, 15) is 4.79 Å². The summed E-state index contributed by atoms with van der Waals surface area (Å²) in [5.74, 6) is -0.271. The molecule has 0 N–H and O–H groups in total. The molecule has 2 aromatic carbocycles. The number of aromatic nitrogens is 1. The summed E-state index contributed by atoms with van der Waals surface area (Å²) in [6.45, 7) is 6.31. The number of hydrogen-bond acceptors (Lipinski definition) is 2. The van der Waals surface area contributed by atoms with Crippen molar-refractivity contribution in [1.29, 1.82) is 0 Å². The first kappa shape index (κ1) is 16.4. The fourth-order valence-corrected chi connectivity index (χ4v) is 3.59. The summed E-state index contributed by atoms with van der Waals surface area (Å²) in [7, 11) is 0. The molecule has 0 aliphatic rings. The maximum absolute atomic E-state index is 12.5. The molecule has 3 nitrogen and oxygen atoms in total. The number of esters is 1. The predicted octanol–water partition coefficient (Wildman–Crippen LogP) is 5.55. The molecule has 0 spiro atoms. The molecule has 0 bridgehead atoms. The zero-order chi connectivity index (χ0) is 18.3. The van der Waals surface area contributed by atoms with E-state index in [-0.39, 0.29) is 5.97 Å². The van der Waals surface area contributed by atoms with Crippen LogP contribution in [0.15, 0.2) is 60.8 Å². The van der Waals surface area contributed by atoms with Crippen molar-refractivity contribution in [2.45, 2.75) is 20.8 Å². The standard InChI is InChI=1S/C23H21NO2/c1-4-26-23(25)20-13-16(3)24-14-21(17-8-6-5-7-9-17)19-12-15(2)10-11-18(19)22(20)24/h5-14H,4H2,1-3H3. The van der Waals surface area contributed by atoms with E-state index < -0.39 is 0 Å². The monoisotopic (exact) mass is 343 g/mol. The van der Waals surface area contributed by atoms with Crippen LogP contribution in [0.25, 0.3) is 27.4 Å². The van der Waals surface area contributed by atoms with Gasteiger partial charge in [0, 0.05) is 22.8 Å². The van der Waals surface area contributed by atoms with Crippen molar-refractivity contribution in [2.75, 3.05) is 6.61 Å². The normalized spacial score (nSPS) is 11.2. The molecule has 0 atom stereocenters. The molecule has 26 heavy (non-hydrogen) atoms. The van der Waals surface area contributed by atoms with Crippen molar-refractivity contribution in [1.82, 2.24) is 4.40 Å². The Morgan fingerprint density at radius 1 is 1.00 bits per heavy atom. The van der Waals surface area contributed by atoms with E-state index in [1.165, 1.54) is 5.56 Å². The van der Waals surface area contributed by atoms with Crippen molar-refractivity contribution < 1.29 is 9.53 Å². The Kier molecular flexibility index (Phi) is 4.00. The van der Waals surface area contributed by atoms with Crippen molar-refractivity contribution in [3.8, 4) is 11.1 Å². The maximum Gasteiger partial charge on any atom is 0.340 e. The molecule has 0 aliphatic carbocycles. The molecule has 0 amide bonds. The largest absolute Gasteiger partial charge is 0.462 e. The van der Waals surface area contributed by atoms with E-state index in [4.69, 9.17) is 4.74 Å². The number of carbonyl (C=O) groups is 1. The first-order valence-corrected chi connectivity index (χ1v) is 8.87. The highest BCUT2D eigenvalue weighted by Crippen LogP contribution is 2.35. The van der Waals surface area contributed by atoms with Crippen LogP contribution in [0.1, 0.15) is 28.5 Å². The van der Waals surface area contributed by atoms with Crippen LogP contribution in [0.3, 0.4) is 0 Å². The number of rotatable bonds is 3. The molecular weight excluding hydrogens is 322 g/mol. The minimum absolute atomic E-state index is 0.271. The minimum atomic E-state index is -0.271. The van der Waals surface area contributed by atoms with Gasteiger partial charge in [0.2, 0.25) is 0 Å². The van der Waals surface area contributed by atoms with E-state index in [0.29, 0.717) is 12.2 Å². The quantitative estimate of drug-likeness (QED) is 0.456. The van der Waals surface area contributed by atoms with Crippen LogP contribution in [-0.4, -0.2) is 17.0 Å². The summed E-state index contributed by atoms with van der Waals surface area (Å²) in [4.78, 5) is 12.5. The molecule has 2 heterocycles. The third-order valence-corrected chi connectivity index (χ3v) is 4.79. The van der Waals surface area contributed by atoms with Crippen LogP contribution >= 0.6 is 0 Å². The van der Waals surface area contributed by atoms with Crippen molar-refractivity contribution in [3.63, 3.8) is 0 Å². The summed E-state index contributed by atoms with van der Waals surface area (Å²) < 4.78 is 7.39. The Balaban J connectivity index is 2.13. The minimum Gasteiger partial charge on any atom is -0.462 e. The number of carbonyl (C=O) groups excluding carboxylic acids is 1. The Morgan fingerprint density at radius 2 is 1.77 bits per heavy atom. The molecule has 4 aromatic rings. The number of nitrogens with zero attached hydrogens (tertiary/aromatic N) is 1. The van der Waals surface area contributed by atoms with Gasteiger partial charge in [0.1, 0.15) is 0 Å². The third-order valence-electron chi connectivity index (χ3n) is 4.79. The highest BCUT2D eigenvalue weighted by atomic mass is 16.5. The second-order valence-electron chi connectivity index (χ2n) is 6.60. The average Bonchev–Trinajstić information content (AvgIpc) is 2.99. The van der Waals surface area contributed by atoms with Crippen molar-refractivity contribution in [2.24, 2.45) is 0 Å². The van der Waals surface area contributed by atoms with E-state index >= 15 is 0 Å². The molecule has 2 aromatic heterocycles. The Labute approximate surface area is 152 Å². The first-order valence-electron chi connectivity index (χ1n) is 8.87. The molecule has 0 radical (unpaired) electrons. The van der Waals surface area contributed by atoms with Gasteiger partial charge in [-0.3, -0.25) is 0 Å². The Bertz CT molecular complexity index is 1120. The van der Waals surface area contributed by atoms with Gasteiger partial charge in [-0.15, -0.1) is 0 Å². The van der Waals surface area contributed by atoms with Gasteiger partial charge < -0.3 is 9.14 Å². The lowest BCUT2D eigenvalue weighted by Crippen LogP contribution is -2.04. The van der Waals surface area contributed by atoms with Crippen LogP contribution in [0, 0.1) is 13.8 Å². The van der Waals surface area contributed by atoms with Gasteiger partial charge in [-0.1, -0.05) is 54.1 Å². The van der Waals surface area contributed by atoms with E-state index in [1.807, 2.05) is 38.1 Å². The smallest absolute Gasteiger partial charge is 0.340 e. The summed E-state index contributed by atoms with van der Waals surface area (Å²) in [6.07, 6.45) is 2.13. The fourth-order valence-electron chi connectivity index (χ4n) is 3.59. The van der Waals surface area contributed by atoms with Crippen LogP contribution in [0.5, 0.6) is 0 Å². The van der Waals surface area contributed by atoms with Crippen LogP contribution in [0.2, 0.25) is 0 Å². The molecule has 0 saturated heterocycles. The topological polar surface area (TPSA) is 30.7 Å². The van der Waals surface area contributed by atoms with Crippen LogP contribution < -0.4 is 0 Å². The average molecular weight is 343 g/mol. The number of aryl methyl sites for hydroxylation is 2. The summed E-state index contributed by atoms with van der Waals surface area (Å²) in [6, 6.07) is 18.7. The lowest BCUT2D eigenvalue weighted by Gasteiger charge is -2.13. The lowest BCUT2D eigenvalue weighted by molar-refractivity contribution is 0.0529. The molecule has 0 fully saturated rings. The first-order chi connectivity index (χ1) is 12.6. The van der Waals surface area contributed by atoms with Gasteiger partial charge >= 0.3 is 5.97 Å². The summed E-state index contributed by atoms with van der Waals surface area (Å²) in [5, 5.41) is 2.21. The van der Waals surface area contributed by atoms with Gasteiger partial charge in [0.25, 0.3) is 0 Å². The molecule has 0 unspecified atom stereocenters. The predicted molar refractivity (Wildman–Crippen MR) is 106 cm³/mol. The fraction of sp³-hybridized carbons (Fsp3) is 0.174. The zero-order valence-corrected chi connectivity index (χ0v) is 15.2. The Hall–Kier alpha value is -3.07. The zero-order valence-electron chi connectivity index (χ0n) is 15.2.